The third-order valence-corrected chi connectivity index (χ3v) is 3.94. The van der Waals surface area contributed by atoms with Crippen LogP contribution in [-0.2, 0) is 0 Å². The molecule has 0 unspecified atom stereocenters. The van der Waals surface area contributed by atoms with Gasteiger partial charge in [-0.25, -0.2) is 0 Å². The second-order valence-corrected chi connectivity index (χ2v) is 6.19. The molecule has 3 rings (SSSR count). The number of hydrogen-bond acceptors (Lipinski definition) is 2. The predicted octanol–water partition coefficient (Wildman–Crippen LogP) is 5.20. The predicted molar refractivity (Wildman–Crippen MR) is 91.5 cm³/mol. The molecule has 0 radical (unpaired) electrons. The van der Waals surface area contributed by atoms with Crippen molar-refractivity contribution in [1.29, 1.82) is 0 Å². The van der Waals surface area contributed by atoms with E-state index in [4.69, 9.17) is 4.42 Å². The Morgan fingerprint density at radius 2 is 1.55 bits per heavy atom. The zero-order valence-electron chi connectivity index (χ0n) is 13.4. The molecule has 0 spiro atoms. The summed E-state index contributed by atoms with van der Waals surface area (Å²) in [6.45, 7) is 8.15. The van der Waals surface area contributed by atoms with Crippen LogP contribution in [0, 0.1) is 13.8 Å². The summed E-state index contributed by atoms with van der Waals surface area (Å²) >= 11 is 0. The Morgan fingerprint density at radius 1 is 0.909 bits per heavy atom. The molecule has 112 valence electrons. The van der Waals surface area contributed by atoms with Crippen molar-refractivity contribution in [2.45, 2.75) is 33.6 Å². The van der Waals surface area contributed by atoms with Gasteiger partial charge in [0, 0.05) is 5.92 Å². The summed E-state index contributed by atoms with van der Waals surface area (Å²) in [6.07, 6.45) is 0. The standard InChI is InChI=1S/C20H20O2/c1-12(2)20-18(15-8-5-13(3)6-9-15)19(21)16-10-7-14(4)11-17(16)22-20/h5-12H,1-4H3. The van der Waals surface area contributed by atoms with Crippen molar-refractivity contribution in [3.05, 3.63) is 69.6 Å². The van der Waals surface area contributed by atoms with Crippen molar-refractivity contribution >= 4 is 11.0 Å². The Balaban J connectivity index is 2.39. The van der Waals surface area contributed by atoms with Gasteiger partial charge in [0.25, 0.3) is 0 Å². The Kier molecular flexibility index (Phi) is 3.61. The van der Waals surface area contributed by atoms with E-state index in [2.05, 4.69) is 13.8 Å². The van der Waals surface area contributed by atoms with Crippen LogP contribution in [-0.4, -0.2) is 0 Å². The van der Waals surface area contributed by atoms with E-state index in [0.29, 0.717) is 16.5 Å². The third kappa shape index (κ3) is 2.45. The molecule has 0 saturated carbocycles. The molecule has 0 saturated heterocycles. The first-order valence-corrected chi connectivity index (χ1v) is 7.62. The lowest BCUT2D eigenvalue weighted by Crippen LogP contribution is -2.10. The van der Waals surface area contributed by atoms with E-state index < -0.39 is 0 Å². The number of rotatable bonds is 2. The Bertz CT molecular complexity index is 884. The van der Waals surface area contributed by atoms with Gasteiger partial charge in [0.1, 0.15) is 11.3 Å². The lowest BCUT2D eigenvalue weighted by atomic mass is 9.96. The molecular weight excluding hydrogens is 272 g/mol. The first kappa shape index (κ1) is 14.6. The monoisotopic (exact) mass is 292 g/mol. The quantitative estimate of drug-likeness (QED) is 0.650. The van der Waals surface area contributed by atoms with Gasteiger partial charge in [-0.3, -0.25) is 4.79 Å². The molecule has 0 aliphatic carbocycles. The van der Waals surface area contributed by atoms with Gasteiger partial charge in [0.05, 0.1) is 10.9 Å². The second kappa shape index (κ2) is 5.45. The molecule has 0 amide bonds. The first-order valence-electron chi connectivity index (χ1n) is 7.62. The van der Waals surface area contributed by atoms with Gasteiger partial charge in [0.2, 0.25) is 5.43 Å². The number of aryl methyl sites for hydroxylation is 2. The number of hydrogen-bond donors (Lipinski definition) is 0. The summed E-state index contributed by atoms with van der Waals surface area (Å²) in [6, 6.07) is 13.8. The molecule has 0 N–H and O–H groups in total. The molecule has 2 aromatic carbocycles. The van der Waals surface area contributed by atoms with Crippen molar-refractivity contribution in [3.8, 4) is 11.1 Å². The highest BCUT2D eigenvalue weighted by Crippen LogP contribution is 2.30. The van der Waals surface area contributed by atoms with Crippen molar-refractivity contribution in [2.75, 3.05) is 0 Å². The summed E-state index contributed by atoms with van der Waals surface area (Å²) in [7, 11) is 0. The van der Waals surface area contributed by atoms with E-state index in [9.17, 15) is 4.79 Å². The fourth-order valence-corrected chi connectivity index (χ4v) is 2.72. The summed E-state index contributed by atoms with van der Waals surface area (Å²) < 4.78 is 6.10. The highest BCUT2D eigenvalue weighted by Gasteiger charge is 2.18. The molecule has 0 aliphatic heterocycles. The molecule has 3 aromatic rings. The molecule has 0 atom stereocenters. The topological polar surface area (TPSA) is 30.2 Å². The van der Waals surface area contributed by atoms with E-state index in [1.165, 1.54) is 5.56 Å². The highest BCUT2D eigenvalue weighted by molar-refractivity contribution is 5.83. The second-order valence-electron chi connectivity index (χ2n) is 6.19. The van der Waals surface area contributed by atoms with E-state index >= 15 is 0 Å². The Hall–Kier alpha value is -2.35. The molecular formula is C20H20O2. The molecule has 2 heteroatoms. The third-order valence-electron chi connectivity index (χ3n) is 3.94. The van der Waals surface area contributed by atoms with Gasteiger partial charge >= 0.3 is 0 Å². The van der Waals surface area contributed by atoms with Crippen LogP contribution in [0.25, 0.3) is 22.1 Å². The number of fused-ring (bicyclic) bond motifs is 1. The van der Waals surface area contributed by atoms with Gasteiger partial charge in [-0.05, 0) is 37.1 Å². The molecule has 2 nitrogen and oxygen atoms in total. The summed E-state index contributed by atoms with van der Waals surface area (Å²) in [5.74, 6) is 0.904. The van der Waals surface area contributed by atoms with Crippen LogP contribution in [0.1, 0.15) is 36.7 Å². The highest BCUT2D eigenvalue weighted by atomic mass is 16.3. The fraction of sp³-hybridized carbons (Fsp3) is 0.250. The average Bonchev–Trinajstić information content (AvgIpc) is 2.48. The summed E-state index contributed by atoms with van der Waals surface area (Å²) in [5.41, 5.74) is 4.60. The van der Waals surface area contributed by atoms with Crippen molar-refractivity contribution in [1.82, 2.24) is 0 Å². The average molecular weight is 292 g/mol. The maximum absolute atomic E-state index is 13.0. The lowest BCUT2D eigenvalue weighted by molar-refractivity contribution is 0.511. The van der Waals surface area contributed by atoms with Crippen molar-refractivity contribution < 1.29 is 4.42 Å². The zero-order valence-corrected chi connectivity index (χ0v) is 13.4. The van der Waals surface area contributed by atoms with E-state index in [1.807, 2.05) is 56.3 Å². The van der Waals surface area contributed by atoms with Crippen LogP contribution in [0.2, 0.25) is 0 Å². The summed E-state index contributed by atoms with van der Waals surface area (Å²) in [4.78, 5) is 13.0. The Labute approximate surface area is 130 Å². The van der Waals surface area contributed by atoms with Gasteiger partial charge < -0.3 is 4.42 Å². The maximum Gasteiger partial charge on any atom is 0.200 e. The van der Waals surface area contributed by atoms with Crippen LogP contribution in [0.15, 0.2) is 51.7 Å². The molecule has 0 aliphatic rings. The van der Waals surface area contributed by atoms with Gasteiger partial charge in [-0.15, -0.1) is 0 Å². The number of benzene rings is 2. The fourth-order valence-electron chi connectivity index (χ4n) is 2.72. The first-order chi connectivity index (χ1) is 10.5. The minimum absolute atomic E-state index is 0.0498. The minimum Gasteiger partial charge on any atom is -0.460 e. The van der Waals surface area contributed by atoms with Crippen LogP contribution in [0.5, 0.6) is 0 Å². The molecule has 1 aromatic heterocycles. The smallest absolute Gasteiger partial charge is 0.200 e. The van der Waals surface area contributed by atoms with Gasteiger partial charge in [0.15, 0.2) is 0 Å². The summed E-state index contributed by atoms with van der Waals surface area (Å²) in [5, 5.41) is 0.644. The molecule has 0 bridgehead atoms. The molecule has 22 heavy (non-hydrogen) atoms. The van der Waals surface area contributed by atoms with Gasteiger partial charge in [-0.1, -0.05) is 49.7 Å². The van der Waals surface area contributed by atoms with E-state index in [-0.39, 0.29) is 11.3 Å². The van der Waals surface area contributed by atoms with Crippen LogP contribution >= 0.6 is 0 Å². The normalized spacial score (nSPS) is 11.3. The lowest BCUT2D eigenvalue weighted by Gasteiger charge is -2.13. The van der Waals surface area contributed by atoms with Crippen LogP contribution in [0.3, 0.4) is 0 Å². The van der Waals surface area contributed by atoms with Crippen LogP contribution in [0.4, 0.5) is 0 Å². The zero-order chi connectivity index (χ0) is 15.9. The van der Waals surface area contributed by atoms with E-state index in [0.717, 1.165) is 16.9 Å². The Morgan fingerprint density at radius 3 is 2.18 bits per heavy atom. The van der Waals surface area contributed by atoms with Crippen molar-refractivity contribution in [2.24, 2.45) is 0 Å². The largest absolute Gasteiger partial charge is 0.460 e. The van der Waals surface area contributed by atoms with Crippen molar-refractivity contribution in [3.63, 3.8) is 0 Å². The SMILES string of the molecule is Cc1ccc(-c2c(C(C)C)oc3cc(C)ccc3c2=O)cc1. The maximum atomic E-state index is 13.0. The molecule has 1 heterocycles. The molecule has 0 fully saturated rings. The minimum atomic E-state index is 0.0498. The van der Waals surface area contributed by atoms with Gasteiger partial charge in [-0.2, -0.15) is 0 Å². The van der Waals surface area contributed by atoms with Crippen LogP contribution < -0.4 is 5.43 Å². The van der Waals surface area contributed by atoms with E-state index in [1.54, 1.807) is 0 Å².